The molecule has 4 atom stereocenters. The Morgan fingerprint density at radius 3 is 2.12 bits per heavy atom. The van der Waals surface area contributed by atoms with Gasteiger partial charge in [0.25, 0.3) is 0 Å². The summed E-state index contributed by atoms with van der Waals surface area (Å²) in [5.41, 5.74) is 3.30. The number of methoxy groups -OCH3 is 2. The van der Waals surface area contributed by atoms with Gasteiger partial charge in [0, 0.05) is 37.4 Å². The Morgan fingerprint density at radius 2 is 1.42 bits per heavy atom. The molecule has 4 aromatic rings. The van der Waals surface area contributed by atoms with E-state index in [0.717, 1.165) is 53.3 Å². The second kappa shape index (κ2) is 17.5. The van der Waals surface area contributed by atoms with Crippen LogP contribution in [0.4, 0.5) is 9.59 Å². The van der Waals surface area contributed by atoms with E-state index >= 15 is 0 Å². The standard InChI is InChI=1S/C42H50N8O7/c1-25(2)35(47-41(53)55-3)39(51)49-17-6-8-34(49)38-44-24-32(46-38)30-13-12-28-21-26(9-11-29(28)22-30)10-14-31-23-43-37(45-31)33-7-5-18-50(33)40(52)36(48-42(54)56-4)27-15-19-57-20-16-27/h9,11-13,21-25,27,33-36H,5-8,15-20H2,1-4H3,(H,43,45)(H,44,46)(H,47,53)(H,48,54). The molecule has 3 fully saturated rings. The Morgan fingerprint density at radius 1 is 0.789 bits per heavy atom. The topological polar surface area (TPSA) is 184 Å². The number of hydrogen-bond donors (Lipinski definition) is 4. The predicted molar refractivity (Wildman–Crippen MR) is 211 cm³/mol. The average molecular weight is 779 g/mol. The molecule has 7 rings (SSSR count). The van der Waals surface area contributed by atoms with Gasteiger partial charge in [0.1, 0.15) is 29.4 Å². The van der Waals surface area contributed by atoms with Crippen LogP contribution in [0.3, 0.4) is 0 Å². The van der Waals surface area contributed by atoms with E-state index in [1.165, 1.54) is 14.2 Å². The van der Waals surface area contributed by atoms with Gasteiger partial charge in [-0.15, -0.1) is 0 Å². The number of hydrogen-bond acceptors (Lipinski definition) is 9. The van der Waals surface area contributed by atoms with E-state index in [0.29, 0.717) is 56.5 Å². The summed E-state index contributed by atoms with van der Waals surface area (Å²) in [6, 6.07) is 10.4. The number of aromatic amines is 2. The number of nitrogens with zero attached hydrogens (tertiary/aromatic N) is 4. The molecule has 0 bridgehead atoms. The van der Waals surface area contributed by atoms with Crippen LogP contribution in [-0.2, 0) is 23.8 Å². The predicted octanol–water partition coefficient (Wildman–Crippen LogP) is 5.21. The molecule has 300 valence electrons. The van der Waals surface area contributed by atoms with Crippen LogP contribution in [0, 0.1) is 23.7 Å². The fourth-order valence-corrected chi connectivity index (χ4v) is 8.16. The second-order valence-corrected chi connectivity index (χ2v) is 15.2. The summed E-state index contributed by atoms with van der Waals surface area (Å²) in [5, 5.41) is 7.55. The van der Waals surface area contributed by atoms with Crippen LogP contribution in [0.5, 0.6) is 0 Å². The lowest BCUT2D eigenvalue weighted by atomic mass is 9.90. The Balaban J connectivity index is 1.02. The number of nitrogens with one attached hydrogen (secondary N) is 4. The third-order valence-corrected chi connectivity index (χ3v) is 11.2. The normalized spacial score (nSPS) is 19.5. The quantitative estimate of drug-likeness (QED) is 0.166. The summed E-state index contributed by atoms with van der Waals surface area (Å²) in [5.74, 6) is 7.40. The van der Waals surface area contributed by atoms with Crippen molar-refractivity contribution in [3.05, 3.63) is 71.7 Å². The number of carbonyl (C=O) groups is 4. The molecule has 4 unspecified atom stereocenters. The van der Waals surface area contributed by atoms with Gasteiger partial charge >= 0.3 is 12.2 Å². The molecule has 4 amide bonds. The summed E-state index contributed by atoms with van der Waals surface area (Å²) < 4.78 is 15.1. The van der Waals surface area contributed by atoms with E-state index in [2.05, 4.69) is 54.5 Å². The number of aromatic nitrogens is 4. The van der Waals surface area contributed by atoms with Gasteiger partial charge in [-0.1, -0.05) is 38.0 Å². The van der Waals surface area contributed by atoms with Crippen LogP contribution in [0.2, 0.25) is 0 Å². The molecule has 4 N–H and O–H groups in total. The van der Waals surface area contributed by atoms with Crippen molar-refractivity contribution in [2.45, 2.75) is 76.5 Å². The second-order valence-electron chi connectivity index (χ2n) is 15.2. The third-order valence-electron chi connectivity index (χ3n) is 11.2. The number of H-pyrrole nitrogens is 2. The maximum atomic E-state index is 13.9. The third kappa shape index (κ3) is 8.76. The molecule has 0 radical (unpaired) electrons. The minimum absolute atomic E-state index is 0.0361. The highest BCUT2D eigenvalue weighted by molar-refractivity contribution is 5.89. The Hall–Kier alpha value is -5.88. The van der Waals surface area contributed by atoms with Gasteiger partial charge in [0.2, 0.25) is 11.8 Å². The summed E-state index contributed by atoms with van der Waals surface area (Å²) in [6.07, 6.45) is 6.81. The SMILES string of the molecule is COC(=O)NC(C(=O)N1CCCC1c1ncc(-c2ccc3cc(C#Cc4cnc(C5CCCN5C(=O)C(NC(=O)OC)C5CCOCC5)[nH]4)ccc3c2)[nH]1)C(C)C. The first-order valence-electron chi connectivity index (χ1n) is 19.7. The fourth-order valence-electron chi connectivity index (χ4n) is 8.16. The lowest BCUT2D eigenvalue weighted by molar-refractivity contribution is -0.137. The molecule has 5 heterocycles. The minimum Gasteiger partial charge on any atom is -0.453 e. The fraction of sp³-hybridized carbons (Fsp3) is 0.476. The zero-order valence-electron chi connectivity index (χ0n) is 32.8. The molecule has 2 aromatic carbocycles. The van der Waals surface area contributed by atoms with Crippen molar-refractivity contribution in [3.8, 4) is 23.1 Å². The highest BCUT2D eigenvalue weighted by Crippen LogP contribution is 2.35. The summed E-state index contributed by atoms with van der Waals surface area (Å²) in [7, 11) is 2.59. The molecular formula is C42H50N8O7. The number of amides is 4. The largest absolute Gasteiger partial charge is 0.453 e. The van der Waals surface area contributed by atoms with E-state index in [1.54, 1.807) is 17.3 Å². The first kappa shape index (κ1) is 39.4. The maximum Gasteiger partial charge on any atom is 0.407 e. The van der Waals surface area contributed by atoms with Gasteiger partial charge in [0.05, 0.1) is 44.4 Å². The Bertz CT molecular complexity index is 2160. The molecular weight excluding hydrogens is 729 g/mol. The zero-order chi connectivity index (χ0) is 40.1. The molecule has 3 aliphatic heterocycles. The number of benzene rings is 2. The van der Waals surface area contributed by atoms with E-state index in [1.807, 2.05) is 43.0 Å². The molecule has 0 aliphatic carbocycles. The van der Waals surface area contributed by atoms with Crippen LogP contribution >= 0.6 is 0 Å². The summed E-state index contributed by atoms with van der Waals surface area (Å²) in [6.45, 7) is 6.06. The van der Waals surface area contributed by atoms with Gasteiger partial charge in [-0.05, 0) is 85.3 Å². The van der Waals surface area contributed by atoms with Gasteiger partial charge in [0.15, 0.2) is 0 Å². The first-order chi connectivity index (χ1) is 27.6. The number of fused-ring (bicyclic) bond motifs is 1. The van der Waals surface area contributed by atoms with Crippen molar-refractivity contribution >= 4 is 34.8 Å². The van der Waals surface area contributed by atoms with Crippen LogP contribution in [0.1, 0.15) is 87.4 Å². The van der Waals surface area contributed by atoms with Gasteiger partial charge < -0.3 is 44.6 Å². The number of ether oxygens (including phenoxy) is 3. The molecule has 0 saturated carbocycles. The van der Waals surface area contributed by atoms with Crippen molar-refractivity contribution in [2.24, 2.45) is 11.8 Å². The van der Waals surface area contributed by atoms with E-state index in [9.17, 15) is 19.2 Å². The summed E-state index contributed by atoms with van der Waals surface area (Å²) >= 11 is 0. The molecule has 15 heteroatoms. The monoisotopic (exact) mass is 778 g/mol. The highest BCUT2D eigenvalue weighted by Gasteiger charge is 2.40. The van der Waals surface area contributed by atoms with Crippen molar-refractivity contribution in [3.63, 3.8) is 0 Å². The molecule has 0 spiro atoms. The molecule has 3 aliphatic rings. The van der Waals surface area contributed by atoms with Crippen molar-refractivity contribution < 1.29 is 33.4 Å². The maximum absolute atomic E-state index is 13.9. The van der Waals surface area contributed by atoms with Crippen LogP contribution in [0.15, 0.2) is 48.8 Å². The Kier molecular flexibility index (Phi) is 12.1. The smallest absolute Gasteiger partial charge is 0.407 e. The first-order valence-corrected chi connectivity index (χ1v) is 19.7. The van der Waals surface area contributed by atoms with E-state index < -0.39 is 24.3 Å². The molecule has 15 nitrogen and oxygen atoms in total. The van der Waals surface area contributed by atoms with Gasteiger partial charge in [-0.25, -0.2) is 19.6 Å². The molecule has 3 saturated heterocycles. The minimum atomic E-state index is -0.695. The van der Waals surface area contributed by atoms with Gasteiger partial charge in [-0.2, -0.15) is 0 Å². The zero-order valence-corrected chi connectivity index (χ0v) is 32.8. The highest BCUT2D eigenvalue weighted by atomic mass is 16.5. The van der Waals surface area contributed by atoms with Crippen LogP contribution in [-0.4, -0.2) is 106 Å². The average Bonchev–Trinajstić information content (AvgIpc) is 4.07. The molecule has 57 heavy (non-hydrogen) atoms. The van der Waals surface area contributed by atoms with Crippen LogP contribution in [0.25, 0.3) is 22.0 Å². The van der Waals surface area contributed by atoms with Crippen molar-refractivity contribution in [1.29, 1.82) is 0 Å². The lowest BCUT2D eigenvalue weighted by Gasteiger charge is -2.34. The summed E-state index contributed by atoms with van der Waals surface area (Å²) in [4.78, 5) is 71.3. The number of rotatable bonds is 9. The molecule has 2 aromatic heterocycles. The van der Waals surface area contributed by atoms with Crippen LogP contribution < -0.4 is 10.6 Å². The number of imidazole rings is 2. The number of alkyl carbamates (subject to hydrolysis) is 2. The number of carbonyl (C=O) groups excluding carboxylic acids is 4. The van der Waals surface area contributed by atoms with E-state index in [-0.39, 0.29) is 35.7 Å². The van der Waals surface area contributed by atoms with E-state index in [4.69, 9.17) is 14.2 Å². The van der Waals surface area contributed by atoms with Gasteiger partial charge in [-0.3, -0.25) is 9.59 Å². The lowest BCUT2D eigenvalue weighted by Crippen LogP contribution is -2.53. The Labute approximate surface area is 331 Å². The van der Waals surface area contributed by atoms with Crippen molar-refractivity contribution in [1.82, 2.24) is 40.4 Å². The van der Waals surface area contributed by atoms with Crippen molar-refractivity contribution in [2.75, 3.05) is 40.5 Å². The number of likely N-dealkylation sites (tertiary alicyclic amines) is 2.